The van der Waals surface area contributed by atoms with Crippen molar-refractivity contribution in [2.75, 3.05) is 31.7 Å². The highest BCUT2D eigenvalue weighted by atomic mass is 16.5. The van der Waals surface area contributed by atoms with Crippen LogP contribution in [0.1, 0.15) is 32.6 Å². The third-order valence-electron chi connectivity index (χ3n) is 4.53. The molecular formula is C23H29NO5. The Bertz CT molecular complexity index is 773. The lowest BCUT2D eigenvalue weighted by molar-refractivity contribution is -0.116. The van der Waals surface area contributed by atoms with Crippen molar-refractivity contribution in [1.29, 1.82) is 0 Å². The zero-order valence-corrected chi connectivity index (χ0v) is 16.9. The van der Waals surface area contributed by atoms with Crippen LogP contribution in [0.4, 0.5) is 5.69 Å². The summed E-state index contributed by atoms with van der Waals surface area (Å²) in [5, 5.41) is 2.91. The number of amides is 1. The lowest BCUT2D eigenvalue weighted by Crippen LogP contribution is -2.16. The Kier molecular flexibility index (Phi) is 8.19. The minimum atomic E-state index is -0.0528. The minimum Gasteiger partial charge on any atom is -0.491 e. The number of carbonyl (C=O) groups is 1. The second-order valence-electron chi connectivity index (χ2n) is 6.85. The second-order valence-corrected chi connectivity index (χ2v) is 6.85. The van der Waals surface area contributed by atoms with E-state index in [1.165, 1.54) is 0 Å². The van der Waals surface area contributed by atoms with E-state index < -0.39 is 0 Å². The summed E-state index contributed by atoms with van der Waals surface area (Å²) < 4.78 is 22.6. The molecule has 1 amide bonds. The number of nitrogens with one attached hydrogen (secondary N) is 1. The van der Waals surface area contributed by atoms with E-state index in [0.717, 1.165) is 36.6 Å². The highest BCUT2D eigenvalue weighted by Gasteiger charge is 2.16. The molecule has 6 nitrogen and oxygen atoms in total. The first-order valence-corrected chi connectivity index (χ1v) is 10.2. The van der Waals surface area contributed by atoms with Crippen LogP contribution >= 0.6 is 0 Å². The number of hydrogen-bond donors (Lipinski definition) is 1. The van der Waals surface area contributed by atoms with Crippen molar-refractivity contribution in [2.45, 2.75) is 38.7 Å². The molecule has 1 aliphatic heterocycles. The molecule has 0 saturated carbocycles. The molecule has 1 atom stereocenters. The van der Waals surface area contributed by atoms with Gasteiger partial charge in [0.2, 0.25) is 5.91 Å². The number of anilines is 1. The maximum absolute atomic E-state index is 12.2. The SMILES string of the molecule is CCOc1ccccc1OCCCC(=O)Nc1cccc(OCC2CCCO2)c1. The Labute approximate surface area is 172 Å². The normalized spacial score (nSPS) is 15.7. The van der Waals surface area contributed by atoms with Crippen molar-refractivity contribution >= 4 is 11.6 Å². The predicted molar refractivity (Wildman–Crippen MR) is 112 cm³/mol. The van der Waals surface area contributed by atoms with Crippen LogP contribution in [0.3, 0.4) is 0 Å². The van der Waals surface area contributed by atoms with E-state index in [4.69, 9.17) is 18.9 Å². The molecule has 156 valence electrons. The van der Waals surface area contributed by atoms with Crippen LogP contribution in [0.15, 0.2) is 48.5 Å². The van der Waals surface area contributed by atoms with Crippen LogP contribution in [0.25, 0.3) is 0 Å². The number of para-hydroxylation sites is 2. The van der Waals surface area contributed by atoms with Gasteiger partial charge in [0.25, 0.3) is 0 Å². The highest BCUT2D eigenvalue weighted by Crippen LogP contribution is 2.26. The minimum absolute atomic E-state index is 0.0528. The van der Waals surface area contributed by atoms with Gasteiger partial charge in [-0.05, 0) is 50.5 Å². The smallest absolute Gasteiger partial charge is 0.224 e. The fourth-order valence-electron chi connectivity index (χ4n) is 3.11. The first kappa shape index (κ1) is 21.0. The first-order valence-electron chi connectivity index (χ1n) is 10.2. The van der Waals surface area contributed by atoms with Gasteiger partial charge in [-0.25, -0.2) is 0 Å². The summed E-state index contributed by atoms with van der Waals surface area (Å²) in [4.78, 5) is 12.2. The third-order valence-corrected chi connectivity index (χ3v) is 4.53. The van der Waals surface area contributed by atoms with Gasteiger partial charge in [0.1, 0.15) is 12.4 Å². The third kappa shape index (κ3) is 6.98. The van der Waals surface area contributed by atoms with E-state index in [1.807, 2.05) is 55.5 Å². The topological polar surface area (TPSA) is 66.0 Å². The lowest BCUT2D eigenvalue weighted by Gasteiger charge is -2.13. The predicted octanol–water partition coefficient (Wildman–Crippen LogP) is 4.44. The van der Waals surface area contributed by atoms with Crippen molar-refractivity contribution in [2.24, 2.45) is 0 Å². The molecule has 1 aliphatic rings. The van der Waals surface area contributed by atoms with Crippen molar-refractivity contribution in [3.8, 4) is 17.2 Å². The lowest BCUT2D eigenvalue weighted by atomic mass is 10.2. The number of ether oxygens (including phenoxy) is 4. The van der Waals surface area contributed by atoms with Crippen molar-refractivity contribution in [3.63, 3.8) is 0 Å². The average Bonchev–Trinajstić information content (AvgIpc) is 3.25. The summed E-state index contributed by atoms with van der Waals surface area (Å²) in [6, 6.07) is 15.0. The van der Waals surface area contributed by atoms with Gasteiger partial charge in [-0.1, -0.05) is 18.2 Å². The van der Waals surface area contributed by atoms with E-state index in [0.29, 0.717) is 38.4 Å². The fraction of sp³-hybridized carbons (Fsp3) is 0.435. The average molecular weight is 399 g/mol. The molecule has 0 spiro atoms. The molecule has 0 aliphatic carbocycles. The van der Waals surface area contributed by atoms with E-state index in [9.17, 15) is 4.79 Å². The van der Waals surface area contributed by atoms with Crippen LogP contribution in [-0.4, -0.2) is 38.4 Å². The summed E-state index contributed by atoms with van der Waals surface area (Å²) in [6.07, 6.45) is 3.28. The number of hydrogen-bond acceptors (Lipinski definition) is 5. The van der Waals surface area contributed by atoms with Crippen LogP contribution in [0.2, 0.25) is 0 Å². The zero-order chi connectivity index (χ0) is 20.3. The summed E-state index contributed by atoms with van der Waals surface area (Å²) >= 11 is 0. The van der Waals surface area contributed by atoms with Gasteiger partial charge in [0, 0.05) is 24.8 Å². The molecule has 1 saturated heterocycles. The maximum Gasteiger partial charge on any atom is 0.224 e. The van der Waals surface area contributed by atoms with Crippen LogP contribution in [0.5, 0.6) is 17.2 Å². The Morgan fingerprint density at radius 3 is 2.69 bits per heavy atom. The summed E-state index contributed by atoms with van der Waals surface area (Å²) in [5.74, 6) is 2.10. The van der Waals surface area contributed by atoms with Crippen LogP contribution in [0, 0.1) is 0 Å². The molecule has 1 fully saturated rings. The molecule has 1 heterocycles. The largest absolute Gasteiger partial charge is 0.491 e. The molecule has 1 N–H and O–H groups in total. The molecule has 2 aromatic carbocycles. The molecule has 1 unspecified atom stereocenters. The van der Waals surface area contributed by atoms with E-state index in [1.54, 1.807) is 0 Å². The summed E-state index contributed by atoms with van der Waals surface area (Å²) in [6.45, 7) is 4.31. The fourth-order valence-corrected chi connectivity index (χ4v) is 3.11. The van der Waals surface area contributed by atoms with Gasteiger partial charge in [0.05, 0.1) is 19.3 Å². The van der Waals surface area contributed by atoms with Crippen molar-refractivity contribution in [3.05, 3.63) is 48.5 Å². The zero-order valence-electron chi connectivity index (χ0n) is 16.9. The molecule has 29 heavy (non-hydrogen) atoms. The molecule has 6 heteroatoms. The van der Waals surface area contributed by atoms with Gasteiger partial charge in [-0.15, -0.1) is 0 Å². The molecular weight excluding hydrogens is 370 g/mol. The number of carbonyl (C=O) groups excluding carboxylic acids is 1. The van der Waals surface area contributed by atoms with Crippen LogP contribution in [-0.2, 0) is 9.53 Å². The Morgan fingerprint density at radius 2 is 1.93 bits per heavy atom. The Morgan fingerprint density at radius 1 is 1.10 bits per heavy atom. The Hall–Kier alpha value is -2.73. The molecule has 0 bridgehead atoms. The summed E-state index contributed by atoms with van der Waals surface area (Å²) in [7, 11) is 0. The van der Waals surface area contributed by atoms with E-state index >= 15 is 0 Å². The van der Waals surface area contributed by atoms with E-state index in [-0.39, 0.29) is 12.0 Å². The molecule has 0 aromatic heterocycles. The molecule has 2 aromatic rings. The Balaban J connectivity index is 1.38. The number of benzene rings is 2. The van der Waals surface area contributed by atoms with Gasteiger partial charge in [-0.2, -0.15) is 0 Å². The maximum atomic E-state index is 12.2. The van der Waals surface area contributed by atoms with Gasteiger partial charge < -0.3 is 24.3 Å². The second kappa shape index (κ2) is 11.3. The molecule has 3 rings (SSSR count). The quantitative estimate of drug-likeness (QED) is 0.566. The number of rotatable bonds is 11. The van der Waals surface area contributed by atoms with Crippen LogP contribution < -0.4 is 19.5 Å². The van der Waals surface area contributed by atoms with E-state index in [2.05, 4.69) is 5.32 Å². The van der Waals surface area contributed by atoms with Gasteiger partial charge in [-0.3, -0.25) is 4.79 Å². The van der Waals surface area contributed by atoms with Crippen molar-refractivity contribution in [1.82, 2.24) is 0 Å². The highest BCUT2D eigenvalue weighted by molar-refractivity contribution is 5.90. The standard InChI is InChI=1S/C23H29NO5/c1-2-26-21-11-3-4-12-22(21)28-15-7-13-23(25)24-18-8-5-9-19(16-18)29-17-20-10-6-14-27-20/h3-5,8-9,11-12,16,20H,2,6-7,10,13-15,17H2,1H3,(H,24,25). The van der Waals surface area contributed by atoms with Gasteiger partial charge in [0.15, 0.2) is 11.5 Å². The van der Waals surface area contributed by atoms with Gasteiger partial charge >= 0.3 is 0 Å². The monoisotopic (exact) mass is 399 g/mol. The first-order chi connectivity index (χ1) is 14.2. The van der Waals surface area contributed by atoms with Crippen molar-refractivity contribution < 1.29 is 23.7 Å². The summed E-state index contributed by atoms with van der Waals surface area (Å²) in [5.41, 5.74) is 0.724. The molecule has 0 radical (unpaired) electrons.